The third-order valence-electron chi connectivity index (χ3n) is 3.23. The van der Waals surface area contributed by atoms with Crippen LogP contribution in [0.15, 0.2) is 54.9 Å². The van der Waals surface area contributed by atoms with Crippen molar-refractivity contribution in [3.63, 3.8) is 0 Å². The van der Waals surface area contributed by atoms with Crippen LogP contribution in [0.4, 0.5) is 5.82 Å². The Labute approximate surface area is 133 Å². The van der Waals surface area contributed by atoms with Crippen LogP contribution < -0.4 is 10.1 Å². The summed E-state index contributed by atoms with van der Waals surface area (Å²) >= 11 is 0. The Morgan fingerprint density at radius 3 is 2.65 bits per heavy atom. The predicted molar refractivity (Wildman–Crippen MR) is 87.1 cm³/mol. The molecule has 6 nitrogen and oxygen atoms in total. The van der Waals surface area contributed by atoms with Gasteiger partial charge in [-0.25, -0.2) is 0 Å². The molecule has 2 aromatic heterocycles. The van der Waals surface area contributed by atoms with Gasteiger partial charge in [-0.2, -0.15) is 5.10 Å². The van der Waals surface area contributed by atoms with Crippen LogP contribution in [-0.4, -0.2) is 27.7 Å². The highest BCUT2D eigenvalue weighted by molar-refractivity contribution is 5.91. The number of aromatic nitrogens is 3. The molecule has 3 rings (SSSR count). The molecule has 0 unspecified atom stereocenters. The van der Waals surface area contributed by atoms with Gasteiger partial charge in [-0.1, -0.05) is 17.7 Å². The summed E-state index contributed by atoms with van der Waals surface area (Å²) in [5.74, 6) is 0.845. The number of nitrogens with one attached hydrogen (secondary N) is 2. The predicted octanol–water partition coefficient (Wildman–Crippen LogP) is 2.80. The third-order valence-corrected chi connectivity index (χ3v) is 3.23. The molecule has 0 aliphatic carbocycles. The minimum absolute atomic E-state index is 0.0689. The Morgan fingerprint density at radius 1 is 1.17 bits per heavy atom. The second kappa shape index (κ2) is 6.74. The summed E-state index contributed by atoms with van der Waals surface area (Å²) in [5, 5.41) is 9.63. The van der Waals surface area contributed by atoms with E-state index >= 15 is 0 Å². The number of hydrogen-bond acceptors (Lipinski definition) is 4. The molecule has 6 heteroatoms. The molecule has 1 aromatic carbocycles. The molecule has 2 N–H and O–H groups in total. The molecule has 2 heterocycles. The van der Waals surface area contributed by atoms with Gasteiger partial charge in [0.05, 0.1) is 5.69 Å². The second-order valence-electron chi connectivity index (χ2n) is 5.05. The van der Waals surface area contributed by atoms with Crippen LogP contribution in [0.5, 0.6) is 5.75 Å². The van der Waals surface area contributed by atoms with Crippen LogP contribution in [0, 0.1) is 6.92 Å². The van der Waals surface area contributed by atoms with E-state index in [1.807, 2.05) is 43.3 Å². The Hall–Kier alpha value is -3.15. The van der Waals surface area contributed by atoms with Gasteiger partial charge < -0.3 is 10.1 Å². The number of carbonyl (C=O) groups is 1. The maximum Gasteiger partial charge on any atom is 0.263 e. The van der Waals surface area contributed by atoms with E-state index in [0.29, 0.717) is 11.6 Å². The number of aryl methyl sites for hydroxylation is 1. The first-order chi connectivity index (χ1) is 11.2. The number of nitrogens with zero attached hydrogens (tertiary/aromatic N) is 2. The number of anilines is 1. The molecule has 0 atom stereocenters. The van der Waals surface area contributed by atoms with Gasteiger partial charge in [0.2, 0.25) is 0 Å². The maximum absolute atomic E-state index is 11.9. The average Bonchev–Trinajstić information content (AvgIpc) is 3.04. The fraction of sp³-hybridized carbons (Fsp3) is 0.118. The molecule has 0 saturated carbocycles. The molecular weight excluding hydrogens is 292 g/mol. The molecule has 116 valence electrons. The number of pyridine rings is 1. The van der Waals surface area contributed by atoms with Crippen molar-refractivity contribution < 1.29 is 9.53 Å². The summed E-state index contributed by atoms with van der Waals surface area (Å²) in [6.07, 6.45) is 3.40. The first-order valence-electron chi connectivity index (χ1n) is 7.16. The summed E-state index contributed by atoms with van der Waals surface area (Å²) in [6.45, 7) is 1.93. The Kier molecular flexibility index (Phi) is 4.33. The van der Waals surface area contributed by atoms with E-state index in [0.717, 1.165) is 16.8 Å². The fourth-order valence-electron chi connectivity index (χ4n) is 2.03. The largest absolute Gasteiger partial charge is 0.484 e. The van der Waals surface area contributed by atoms with Crippen molar-refractivity contribution >= 4 is 11.7 Å². The zero-order valence-corrected chi connectivity index (χ0v) is 12.6. The fourth-order valence-corrected chi connectivity index (χ4v) is 2.03. The van der Waals surface area contributed by atoms with Gasteiger partial charge >= 0.3 is 0 Å². The molecular formula is C17H16N4O2. The van der Waals surface area contributed by atoms with E-state index in [4.69, 9.17) is 4.74 Å². The van der Waals surface area contributed by atoms with Gasteiger partial charge in [0.15, 0.2) is 12.4 Å². The molecule has 0 aliphatic heterocycles. The van der Waals surface area contributed by atoms with Gasteiger partial charge in [0.1, 0.15) is 5.75 Å². The Balaban J connectivity index is 1.56. The number of rotatable bonds is 5. The van der Waals surface area contributed by atoms with Crippen LogP contribution in [0.25, 0.3) is 11.3 Å². The molecule has 0 radical (unpaired) electrons. The average molecular weight is 308 g/mol. The number of H-pyrrole nitrogens is 1. The molecule has 0 bridgehead atoms. The van der Waals surface area contributed by atoms with Crippen molar-refractivity contribution in [3.8, 4) is 17.0 Å². The van der Waals surface area contributed by atoms with Crippen LogP contribution in [0.2, 0.25) is 0 Å². The van der Waals surface area contributed by atoms with Crippen LogP contribution >= 0.6 is 0 Å². The topological polar surface area (TPSA) is 79.9 Å². The lowest BCUT2D eigenvalue weighted by Crippen LogP contribution is -2.20. The number of ether oxygens (including phenoxy) is 1. The minimum atomic E-state index is -0.265. The van der Waals surface area contributed by atoms with E-state index in [-0.39, 0.29) is 12.5 Å². The first-order valence-corrected chi connectivity index (χ1v) is 7.16. The molecule has 23 heavy (non-hydrogen) atoms. The van der Waals surface area contributed by atoms with Crippen LogP contribution in [-0.2, 0) is 4.79 Å². The highest BCUT2D eigenvalue weighted by Crippen LogP contribution is 2.18. The summed E-state index contributed by atoms with van der Waals surface area (Å²) in [6, 6.07) is 13.0. The lowest BCUT2D eigenvalue weighted by Gasteiger charge is -2.05. The molecule has 0 fully saturated rings. The monoisotopic (exact) mass is 308 g/mol. The standard InChI is InChI=1S/C17H16N4O2/c1-12-2-4-14(5-3-12)23-11-17(22)19-16-10-15(20-21-16)13-6-8-18-9-7-13/h2-10H,11H2,1H3,(H2,19,20,21,22). The van der Waals surface area contributed by atoms with E-state index in [2.05, 4.69) is 20.5 Å². The molecule has 3 aromatic rings. The normalized spacial score (nSPS) is 10.3. The van der Waals surface area contributed by atoms with Crippen molar-refractivity contribution in [1.82, 2.24) is 15.2 Å². The summed E-state index contributed by atoms with van der Waals surface area (Å²) in [5.41, 5.74) is 2.90. The van der Waals surface area contributed by atoms with Gasteiger partial charge in [-0.3, -0.25) is 14.9 Å². The van der Waals surface area contributed by atoms with Gasteiger partial charge in [0, 0.05) is 24.0 Å². The van der Waals surface area contributed by atoms with E-state index in [1.54, 1.807) is 18.5 Å². The van der Waals surface area contributed by atoms with Gasteiger partial charge in [0.25, 0.3) is 5.91 Å². The number of benzene rings is 1. The summed E-state index contributed by atoms with van der Waals surface area (Å²) in [7, 11) is 0. The lowest BCUT2D eigenvalue weighted by atomic mass is 10.2. The molecule has 0 spiro atoms. The maximum atomic E-state index is 11.9. The van der Waals surface area contributed by atoms with E-state index in [1.165, 1.54) is 0 Å². The molecule has 1 amide bonds. The number of carbonyl (C=O) groups excluding carboxylic acids is 1. The lowest BCUT2D eigenvalue weighted by molar-refractivity contribution is -0.118. The highest BCUT2D eigenvalue weighted by Gasteiger charge is 2.08. The number of aromatic amines is 1. The Bertz CT molecular complexity index is 782. The van der Waals surface area contributed by atoms with Crippen LogP contribution in [0.3, 0.4) is 0 Å². The Morgan fingerprint density at radius 2 is 1.91 bits per heavy atom. The SMILES string of the molecule is Cc1ccc(OCC(=O)Nc2cc(-c3ccncc3)[nH]n2)cc1. The zero-order chi connectivity index (χ0) is 16.1. The van der Waals surface area contributed by atoms with E-state index < -0.39 is 0 Å². The number of amides is 1. The first kappa shape index (κ1) is 14.8. The summed E-state index contributed by atoms with van der Waals surface area (Å²) in [4.78, 5) is 15.9. The van der Waals surface area contributed by atoms with Crippen molar-refractivity contribution in [2.75, 3.05) is 11.9 Å². The van der Waals surface area contributed by atoms with Crippen LogP contribution in [0.1, 0.15) is 5.56 Å². The molecule has 0 aliphatic rings. The molecule has 0 saturated heterocycles. The van der Waals surface area contributed by atoms with Crippen molar-refractivity contribution in [2.24, 2.45) is 0 Å². The van der Waals surface area contributed by atoms with Crippen molar-refractivity contribution in [1.29, 1.82) is 0 Å². The smallest absolute Gasteiger partial charge is 0.263 e. The van der Waals surface area contributed by atoms with Crippen molar-refractivity contribution in [3.05, 3.63) is 60.4 Å². The zero-order valence-electron chi connectivity index (χ0n) is 12.6. The van der Waals surface area contributed by atoms with Crippen molar-refractivity contribution in [2.45, 2.75) is 6.92 Å². The second-order valence-corrected chi connectivity index (χ2v) is 5.05. The third kappa shape index (κ3) is 3.94. The van der Waals surface area contributed by atoms with Gasteiger partial charge in [-0.15, -0.1) is 0 Å². The van der Waals surface area contributed by atoms with Gasteiger partial charge in [-0.05, 0) is 31.2 Å². The summed E-state index contributed by atoms with van der Waals surface area (Å²) < 4.78 is 5.43. The highest BCUT2D eigenvalue weighted by atomic mass is 16.5. The van der Waals surface area contributed by atoms with E-state index in [9.17, 15) is 4.79 Å². The minimum Gasteiger partial charge on any atom is -0.484 e. The quantitative estimate of drug-likeness (QED) is 0.759. The number of hydrogen-bond donors (Lipinski definition) is 2.